The fourth-order valence-corrected chi connectivity index (χ4v) is 4.05. The molecule has 1 aromatic carbocycles. The minimum absolute atomic E-state index is 0.207. The lowest BCUT2D eigenvalue weighted by Crippen LogP contribution is -2.41. The van der Waals surface area contributed by atoms with E-state index in [-0.39, 0.29) is 11.8 Å². The Morgan fingerprint density at radius 3 is 2.35 bits per heavy atom. The van der Waals surface area contributed by atoms with Gasteiger partial charge in [0.05, 0.1) is 17.9 Å². The zero-order valence-electron chi connectivity index (χ0n) is 13.2. The molecule has 1 saturated heterocycles. The van der Waals surface area contributed by atoms with E-state index in [2.05, 4.69) is 0 Å². The van der Waals surface area contributed by atoms with Crippen molar-refractivity contribution in [3.8, 4) is 0 Å². The number of ether oxygens (including phenoxy) is 1. The summed E-state index contributed by atoms with van der Waals surface area (Å²) in [5.41, 5.74) is 6.46. The van der Waals surface area contributed by atoms with Crippen LogP contribution in [0.2, 0.25) is 0 Å². The topological polar surface area (TPSA) is 89.6 Å². The Morgan fingerprint density at radius 2 is 1.87 bits per heavy atom. The van der Waals surface area contributed by atoms with Gasteiger partial charge in [-0.05, 0) is 36.3 Å². The number of benzene rings is 1. The van der Waals surface area contributed by atoms with E-state index in [0.717, 1.165) is 36.8 Å². The Kier molecular flexibility index (Phi) is 4.39. The van der Waals surface area contributed by atoms with E-state index >= 15 is 0 Å². The first-order valence-corrected chi connectivity index (χ1v) is 8.25. The van der Waals surface area contributed by atoms with Gasteiger partial charge in [-0.25, -0.2) is 0 Å². The number of primary amides is 1. The molecule has 1 heterocycles. The van der Waals surface area contributed by atoms with Crippen LogP contribution in [-0.2, 0) is 19.7 Å². The van der Waals surface area contributed by atoms with Crippen LogP contribution in [0.5, 0.6) is 0 Å². The number of carboxylic acids is 1. The standard InChI is InChI=1S/C18H23NO4/c19-17(22)18(9-10-23-11-18)14-7-5-13(6-8-14)15(16(20)21)12-3-1-2-4-12/h5-8,12,15H,1-4,9-11H2,(H2,19,22)(H,20,21). The Balaban J connectivity index is 1.88. The highest BCUT2D eigenvalue weighted by atomic mass is 16.5. The van der Waals surface area contributed by atoms with Gasteiger partial charge in [-0.3, -0.25) is 9.59 Å². The van der Waals surface area contributed by atoms with Crippen molar-refractivity contribution in [1.82, 2.24) is 0 Å². The van der Waals surface area contributed by atoms with E-state index < -0.39 is 17.3 Å². The first kappa shape index (κ1) is 16.0. The van der Waals surface area contributed by atoms with Crippen LogP contribution in [0.1, 0.15) is 49.1 Å². The van der Waals surface area contributed by atoms with Gasteiger partial charge < -0.3 is 15.6 Å². The highest BCUT2D eigenvalue weighted by Crippen LogP contribution is 2.39. The summed E-state index contributed by atoms with van der Waals surface area (Å²) in [6, 6.07) is 7.38. The number of carboxylic acid groups (broad SMARTS) is 1. The van der Waals surface area contributed by atoms with Crippen molar-refractivity contribution >= 4 is 11.9 Å². The maximum absolute atomic E-state index is 11.9. The largest absolute Gasteiger partial charge is 0.481 e. The predicted molar refractivity (Wildman–Crippen MR) is 85.1 cm³/mol. The Morgan fingerprint density at radius 1 is 1.22 bits per heavy atom. The van der Waals surface area contributed by atoms with Crippen LogP contribution < -0.4 is 5.73 Å². The normalized spacial score (nSPS) is 26.3. The van der Waals surface area contributed by atoms with Crippen LogP contribution in [0.3, 0.4) is 0 Å². The molecule has 5 heteroatoms. The van der Waals surface area contributed by atoms with E-state index in [0.29, 0.717) is 19.6 Å². The maximum Gasteiger partial charge on any atom is 0.311 e. The SMILES string of the molecule is NC(=O)C1(c2ccc(C(C(=O)O)C3CCCC3)cc2)CCOC1. The third kappa shape index (κ3) is 2.85. The van der Waals surface area contributed by atoms with Crippen molar-refractivity contribution in [2.24, 2.45) is 11.7 Å². The molecule has 2 aliphatic rings. The highest BCUT2D eigenvalue weighted by Gasteiger charge is 2.42. The van der Waals surface area contributed by atoms with E-state index in [1.807, 2.05) is 24.3 Å². The van der Waals surface area contributed by atoms with Crippen LogP contribution >= 0.6 is 0 Å². The van der Waals surface area contributed by atoms with Crippen LogP contribution in [0, 0.1) is 5.92 Å². The molecule has 1 saturated carbocycles. The molecular weight excluding hydrogens is 294 g/mol. The van der Waals surface area contributed by atoms with Gasteiger partial charge in [0.25, 0.3) is 0 Å². The minimum Gasteiger partial charge on any atom is -0.481 e. The summed E-state index contributed by atoms with van der Waals surface area (Å²) in [5.74, 6) is -1.40. The van der Waals surface area contributed by atoms with Crippen LogP contribution in [0.25, 0.3) is 0 Å². The second-order valence-electron chi connectivity index (χ2n) is 6.73. The number of rotatable bonds is 5. The number of nitrogens with two attached hydrogens (primary N) is 1. The van der Waals surface area contributed by atoms with Crippen LogP contribution in [0.4, 0.5) is 0 Å². The van der Waals surface area contributed by atoms with Crippen molar-refractivity contribution in [1.29, 1.82) is 0 Å². The van der Waals surface area contributed by atoms with Crippen molar-refractivity contribution in [3.05, 3.63) is 35.4 Å². The molecule has 2 unspecified atom stereocenters. The Bertz CT molecular complexity index is 584. The maximum atomic E-state index is 11.9. The summed E-state index contributed by atoms with van der Waals surface area (Å²) in [6.07, 6.45) is 4.73. The summed E-state index contributed by atoms with van der Waals surface area (Å²) in [4.78, 5) is 23.6. The lowest BCUT2D eigenvalue weighted by molar-refractivity contribution is -0.140. The smallest absolute Gasteiger partial charge is 0.311 e. The molecule has 2 atom stereocenters. The molecule has 0 aromatic heterocycles. The predicted octanol–water partition coefficient (Wildman–Crippen LogP) is 2.19. The molecule has 124 valence electrons. The fraction of sp³-hybridized carbons (Fsp3) is 0.556. The number of aliphatic carboxylic acids is 1. The fourth-order valence-electron chi connectivity index (χ4n) is 4.05. The Hall–Kier alpha value is -1.88. The van der Waals surface area contributed by atoms with Gasteiger partial charge in [-0.15, -0.1) is 0 Å². The first-order valence-electron chi connectivity index (χ1n) is 8.25. The van der Waals surface area contributed by atoms with Crippen LogP contribution in [0.15, 0.2) is 24.3 Å². The molecule has 3 N–H and O–H groups in total. The molecule has 0 radical (unpaired) electrons. The van der Waals surface area contributed by atoms with Crippen molar-refractivity contribution in [2.75, 3.05) is 13.2 Å². The van der Waals surface area contributed by atoms with E-state index in [1.54, 1.807) is 0 Å². The second kappa shape index (κ2) is 6.32. The monoisotopic (exact) mass is 317 g/mol. The summed E-state index contributed by atoms with van der Waals surface area (Å²) >= 11 is 0. The molecule has 1 aliphatic heterocycles. The van der Waals surface area contributed by atoms with Gasteiger partial charge in [0.15, 0.2) is 0 Å². The average Bonchev–Trinajstić information content (AvgIpc) is 3.20. The second-order valence-corrected chi connectivity index (χ2v) is 6.73. The van der Waals surface area contributed by atoms with Crippen molar-refractivity contribution in [3.63, 3.8) is 0 Å². The molecule has 3 rings (SSSR count). The van der Waals surface area contributed by atoms with E-state index in [9.17, 15) is 14.7 Å². The number of carbonyl (C=O) groups is 2. The highest BCUT2D eigenvalue weighted by molar-refractivity contribution is 5.87. The molecule has 23 heavy (non-hydrogen) atoms. The number of amides is 1. The molecular formula is C18H23NO4. The lowest BCUT2D eigenvalue weighted by Gasteiger charge is -2.25. The summed E-state index contributed by atoms with van der Waals surface area (Å²) in [5, 5.41) is 9.61. The zero-order valence-corrected chi connectivity index (χ0v) is 13.2. The summed E-state index contributed by atoms with van der Waals surface area (Å²) < 4.78 is 5.38. The van der Waals surface area contributed by atoms with Gasteiger partial charge in [-0.2, -0.15) is 0 Å². The molecule has 0 bridgehead atoms. The molecule has 1 aromatic rings. The van der Waals surface area contributed by atoms with Gasteiger partial charge in [0.1, 0.15) is 0 Å². The Labute approximate surface area is 135 Å². The van der Waals surface area contributed by atoms with E-state index in [4.69, 9.17) is 10.5 Å². The van der Waals surface area contributed by atoms with Crippen molar-refractivity contribution < 1.29 is 19.4 Å². The number of hydrogen-bond donors (Lipinski definition) is 2. The van der Waals surface area contributed by atoms with Gasteiger partial charge >= 0.3 is 5.97 Å². The quantitative estimate of drug-likeness (QED) is 0.871. The lowest BCUT2D eigenvalue weighted by atomic mass is 9.77. The molecule has 0 spiro atoms. The van der Waals surface area contributed by atoms with Crippen molar-refractivity contribution in [2.45, 2.75) is 43.4 Å². The molecule has 2 fully saturated rings. The van der Waals surface area contributed by atoms with Gasteiger partial charge in [0.2, 0.25) is 5.91 Å². The first-order chi connectivity index (χ1) is 11.0. The average molecular weight is 317 g/mol. The van der Waals surface area contributed by atoms with Gasteiger partial charge in [-0.1, -0.05) is 37.1 Å². The van der Waals surface area contributed by atoms with Crippen LogP contribution in [-0.4, -0.2) is 30.2 Å². The van der Waals surface area contributed by atoms with Gasteiger partial charge in [0, 0.05) is 6.61 Å². The summed E-state index contributed by atoms with van der Waals surface area (Å²) in [6.45, 7) is 0.817. The molecule has 1 aliphatic carbocycles. The minimum atomic E-state index is -0.773. The zero-order chi connectivity index (χ0) is 16.4. The molecule has 5 nitrogen and oxygen atoms in total. The third-order valence-corrected chi connectivity index (χ3v) is 5.45. The summed E-state index contributed by atoms with van der Waals surface area (Å²) in [7, 11) is 0. The number of carbonyl (C=O) groups excluding carboxylic acids is 1. The molecule has 1 amide bonds. The van der Waals surface area contributed by atoms with E-state index in [1.165, 1.54) is 0 Å². The number of hydrogen-bond acceptors (Lipinski definition) is 3. The third-order valence-electron chi connectivity index (χ3n) is 5.45.